The maximum absolute atomic E-state index is 10.6. The van der Waals surface area contributed by atoms with E-state index in [1.54, 1.807) is 6.07 Å². The van der Waals surface area contributed by atoms with Crippen molar-refractivity contribution in [1.82, 2.24) is 0 Å². The van der Waals surface area contributed by atoms with Crippen molar-refractivity contribution in [2.75, 3.05) is 0 Å². The molecule has 0 radical (unpaired) electrons. The zero-order chi connectivity index (χ0) is 11.3. The summed E-state index contributed by atoms with van der Waals surface area (Å²) in [7, 11) is 0. The monoisotopic (exact) mass is 244 g/mol. The van der Waals surface area contributed by atoms with Crippen LogP contribution >= 0.6 is 22.9 Å². The number of allylic oxidation sites excluding steroid dienone is 1. The van der Waals surface area contributed by atoms with Gasteiger partial charge in [0.05, 0.1) is 4.34 Å². The van der Waals surface area contributed by atoms with Gasteiger partial charge in [0, 0.05) is 11.0 Å². The van der Waals surface area contributed by atoms with Crippen molar-refractivity contribution in [3.63, 3.8) is 0 Å². The first kappa shape index (κ1) is 12.3. The summed E-state index contributed by atoms with van der Waals surface area (Å²) in [6.07, 6.45) is 4.11. The van der Waals surface area contributed by atoms with Crippen LogP contribution < -0.4 is 0 Å². The Balaban J connectivity index is 2.85. The maximum atomic E-state index is 10.6. The number of carbonyl (C=O) groups is 1. The van der Waals surface area contributed by atoms with Crippen LogP contribution in [0.4, 0.5) is 0 Å². The molecule has 0 aliphatic rings. The van der Waals surface area contributed by atoms with Gasteiger partial charge in [-0.2, -0.15) is 0 Å². The minimum atomic E-state index is -0.898. The van der Waals surface area contributed by atoms with Crippen LogP contribution in [0.3, 0.4) is 0 Å². The molecule has 0 saturated carbocycles. The first-order valence-electron chi connectivity index (χ1n) is 4.82. The predicted octanol–water partition coefficient (Wildman–Crippen LogP) is 4.06. The van der Waals surface area contributed by atoms with E-state index in [0.717, 1.165) is 29.7 Å². The van der Waals surface area contributed by atoms with Gasteiger partial charge in [-0.3, -0.25) is 0 Å². The van der Waals surface area contributed by atoms with Gasteiger partial charge in [-0.15, -0.1) is 11.3 Å². The molecule has 1 aromatic rings. The van der Waals surface area contributed by atoms with Crippen LogP contribution in [0, 0.1) is 0 Å². The Morgan fingerprint density at radius 3 is 2.80 bits per heavy atom. The van der Waals surface area contributed by atoms with E-state index in [0.29, 0.717) is 4.34 Å². The molecular formula is C11H13ClO2S. The Bertz CT molecular complexity index is 368. The van der Waals surface area contributed by atoms with Crippen molar-refractivity contribution in [2.45, 2.75) is 26.2 Å². The van der Waals surface area contributed by atoms with Crippen molar-refractivity contribution in [3.05, 3.63) is 27.4 Å². The van der Waals surface area contributed by atoms with E-state index in [1.165, 1.54) is 17.4 Å². The number of aliphatic carboxylic acids is 1. The van der Waals surface area contributed by atoms with Crippen LogP contribution in [0.25, 0.3) is 5.57 Å². The van der Waals surface area contributed by atoms with E-state index < -0.39 is 5.97 Å². The van der Waals surface area contributed by atoms with Gasteiger partial charge in [-0.25, -0.2) is 4.79 Å². The number of rotatable bonds is 5. The van der Waals surface area contributed by atoms with Gasteiger partial charge in [0.25, 0.3) is 0 Å². The summed E-state index contributed by atoms with van der Waals surface area (Å²) >= 11 is 7.24. The van der Waals surface area contributed by atoms with Gasteiger partial charge < -0.3 is 5.11 Å². The first-order chi connectivity index (χ1) is 7.13. The summed E-state index contributed by atoms with van der Waals surface area (Å²) in [5.74, 6) is -0.898. The van der Waals surface area contributed by atoms with E-state index in [2.05, 4.69) is 6.92 Å². The van der Waals surface area contributed by atoms with Gasteiger partial charge in [0.1, 0.15) is 0 Å². The maximum Gasteiger partial charge on any atom is 0.328 e. The Morgan fingerprint density at radius 2 is 2.33 bits per heavy atom. The summed E-state index contributed by atoms with van der Waals surface area (Å²) in [6.45, 7) is 2.08. The zero-order valence-corrected chi connectivity index (χ0v) is 10.1. The highest BCUT2D eigenvalue weighted by Gasteiger charge is 2.06. The quantitative estimate of drug-likeness (QED) is 0.793. The van der Waals surface area contributed by atoms with Crippen LogP contribution in [0.15, 0.2) is 18.2 Å². The SMILES string of the molecule is CCCC/C(=C\C(=O)O)c1ccc(Cl)s1. The van der Waals surface area contributed by atoms with Crippen LogP contribution in [0.1, 0.15) is 31.1 Å². The highest BCUT2D eigenvalue weighted by molar-refractivity contribution is 7.17. The lowest BCUT2D eigenvalue weighted by molar-refractivity contribution is -0.131. The topological polar surface area (TPSA) is 37.3 Å². The lowest BCUT2D eigenvalue weighted by atomic mass is 10.1. The van der Waals surface area contributed by atoms with Gasteiger partial charge in [0.2, 0.25) is 0 Å². The molecule has 0 aliphatic carbocycles. The number of halogens is 1. The van der Waals surface area contributed by atoms with Gasteiger partial charge in [-0.1, -0.05) is 24.9 Å². The van der Waals surface area contributed by atoms with Crippen LogP contribution in [-0.2, 0) is 4.79 Å². The van der Waals surface area contributed by atoms with Crippen molar-refractivity contribution < 1.29 is 9.90 Å². The number of hydrogen-bond acceptors (Lipinski definition) is 2. The molecule has 2 nitrogen and oxygen atoms in total. The zero-order valence-electron chi connectivity index (χ0n) is 8.50. The molecule has 0 spiro atoms. The molecule has 0 unspecified atom stereocenters. The van der Waals surface area contributed by atoms with E-state index in [1.807, 2.05) is 6.07 Å². The molecule has 0 bridgehead atoms. The second-order valence-corrected chi connectivity index (χ2v) is 4.93. The third kappa shape index (κ3) is 4.06. The average Bonchev–Trinajstić information content (AvgIpc) is 2.58. The summed E-state index contributed by atoms with van der Waals surface area (Å²) in [5.41, 5.74) is 0.862. The molecule has 0 amide bonds. The summed E-state index contributed by atoms with van der Waals surface area (Å²) < 4.78 is 0.692. The molecule has 1 aromatic heterocycles. The summed E-state index contributed by atoms with van der Waals surface area (Å²) in [6, 6.07) is 3.67. The molecule has 0 atom stereocenters. The van der Waals surface area contributed by atoms with Gasteiger partial charge >= 0.3 is 5.97 Å². The molecule has 1 N–H and O–H groups in total. The lowest BCUT2D eigenvalue weighted by Crippen LogP contribution is -1.91. The molecule has 0 aliphatic heterocycles. The van der Waals surface area contributed by atoms with Crippen LogP contribution in [-0.4, -0.2) is 11.1 Å². The van der Waals surface area contributed by atoms with Crippen LogP contribution in [0.5, 0.6) is 0 Å². The fourth-order valence-electron chi connectivity index (χ4n) is 1.27. The fraction of sp³-hybridized carbons (Fsp3) is 0.364. The molecule has 1 rings (SSSR count). The molecular weight excluding hydrogens is 232 g/mol. The normalized spacial score (nSPS) is 11.7. The van der Waals surface area contributed by atoms with Crippen molar-refractivity contribution in [2.24, 2.45) is 0 Å². The minimum Gasteiger partial charge on any atom is -0.478 e. The molecule has 4 heteroatoms. The van der Waals surface area contributed by atoms with Crippen molar-refractivity contribution in [3.8, 4) is 0 Å². The Morgan fingerprint density at radius 1 is 1.60 bits per heavy atom. The molecule has 1 heterocycles. The largest absolute Gasteiger partial charge is 0.478 e. The average molecular weight is 245 g/mol. The Hall–Kier alpha value is -0.800. The van der Waals surface area contributed by atoms with Crippen molar-refractivity contribution >= 4 is 34.5 Å². The van der Waals surface area contributed by atoms with E-state index >= 15 is 0 Å². The highest BCUT2D eigenvalue weighted by Crippen LogP contribution is 2.30. The van der Waals surface area contributed by atoms with Gasteiger partial charge in [0.15, 0.2) is 0 Å². The lowest BCUT2D eigenvalue weighted by Gasteiger charge is -2.02. The van der Waals surface area contributed by atoms with E-state index in [-0.39, 0.29) is 0 Å². The predicted molar refractivity (Wildman–Crippen MR) is 64.5 cm³/mol. The van der Waals surface area contributed by atoms with E-state index in [9.17, 15) is 4.79 Å². The number of carboxylic acids is 1. The Kier molecular flexibility index (Phi) is 4.85. The van der Waals surface area contributed by atoms with Crippen molar-refractivity contribution in [1.29, 1.82) is 0 Å². The highest BCUT2D eigenvalue weighted by atomic mass is 35.5. The third-order valence-corrected chi connectivity index (χ3v) is 3.29. The Labute approximate surface area is 98.2 Å². The number of thiophene rings is 1. The standard InChI is InChI=1S/C11H13ClO2S/c1-2-3-4-8(7-11(13)14)9-5-6-10(12)15-9/h5-7H,2-4H2,1H3,(H,13,14)/b8-7+. The molecule has 15 heavy (non-hydrogen) atoms. The summed E-state index contributed by atoms with van der Waals surface area (Å²) in [5, 5.41) is 8.75. The van der Waals surface area contributed by atoms with Gasteiger partial charge in [-0.05, 0) is 30.5 Å². The first-order valence-corrected chi connectivity index (χ1v) is 6.02. The fourth-order valence-corrected chi connectivity index (χ4v) is 2.36. The number of hydrogen-bond donors (Lipinski definition) is 1. The second kappa shape index (κ2) is 5.93. The molecule has 0 aromatic carbocycles. The molecule has 82 valence electrons. The molecule has 0 saturated heterocycles. The number of carboxylic acid groups (broad SMARTS) is 1. The third-order valence-electron chi connectivity index (χ3n) is 1.99. The van der Waals surface area contributed by atoms with E-state index in [4.69, 9.17) is 16.7 Å². The smallest absolute Gasteiger partial charge is 0.328 e. The van der Waals surface area contributed by atoms with Crippen LogP contribution in [0.2, 0.25) is 4.34 Å². The molecule has 0 fully saturated rings. The minimum absolute atomic E-state index is 0.692. The number of unbranched alkanes of at least 4 members (excludes halogenated alkanes) is 1. The second-order valence-electron chi connectivity index (χ2n) is 3.22. The summed E-state index contributed by atoms with van der Waals surface area (Å²) in [4.78, 5) is 11.6.